The van der Waals surface area contributed by atoms with Crippen molar-refractivity contribution in [2.24, 2.45) is 5.41 Å². The number of β-lactam (4-membered cyclic amide) rings is 1. The Bertz CT molecular complexity index is 554. The third-order valence-corrected chi connectivity index (χ3v) is 5.89. The van der Waals surface area contributed by atoms with E-state index in [2.05, 4.69) is 37.6 Å². The first-order valence-corrected chi connectivity index (χ1v) is 8.69. The average Bonchev–Trinajstić information content (AvgIpc) is 2.74. The highest BCUT2D eigenvalue weighted by Gasteiger charge is 2.54. The Balaban J connectivity index is 1.67. The summed E-state index contributed by atoms with van der Waals surface area (Å²) in [5.74, 6) is 0.374. The summed E-state index contributed by atoms with van der Waals surface area (Å²) in [5.41, 5.74) is 1.07. The molecule has 0 radical (unpaired) electrons. The summed E-state index contributed by atoms with van der Waals surface area (Å²) in [7, 11) is 0. The number of aromatic nitrogens is 1. The maximum Gasteiger partial charge on any atom is 0.232 e. The summed E-state index contributed by atoms with van der Waals surface area (Å²) in [5, 5.41) is 1.14. The largest absolute Gasteiger partial charge is 0.339 e. The van der Waals surface area contributed by atoms with E-state index in [0.29, 0.717) is 11.9 Å². The highest BCUT2D eigenvalue weighted by Crippen LogP contribution is 2.41. The zero-order valence-electron chi connectivity index (χ0n) is 13.5. The van der Waals surface area contributed by atoms with Crippen LogP contribution in [0.1, 0.15) is 42.3 Å². The minimum Gasteiger partial charge on any atom is -0.339 e. The number of carbonyl (C=O) groups excluding carboxylic acids is 1. The molecule has 0 aromatic carbocycles. The molecule has 21 heavy (non-hydrogen) atoms. The fraction of sp³-hybridized carbons (Fsp3) is 0.750. The molecule has 2 fully saturated rings. The van der Waals surface area contributed by atoms with Crippen molar-refractivity contribution in [3.63, 3.8) is 0 Å². The Morgan fingerprint density at radius 1 is 1.33 bits per heavy atom. The van der Waals surface area contributed by atoms with Gasteiger partial charge in [-0.25, -0.2) is 4.98 Å². The number of hydrogen-bond acceptors (Lipinski definition) is 4. The first kappa shape index (κ1) is 15.0. The number of piperidine rings is 1. The van der Waals surface area contributed by atoms with E-state index < -0.39 is 0 Å². The van der Waals surface area contributed by atoms with Crippen LogP contribution in [0.5, 0.6) is 0 Å². The molecule has 1 amide bonds. The highest BCUT2D eigenvalue weighted by molar-refractivity contribution is 7.11. The zero-order chi connectivity index (χ0) is 15.2. The van der Waals surface area contributed by atoms with Gasteiger partial charge < -0.3 is 4.90 Å². The van der Waals surface area contributed by atoms with E-state index in [0.717, 1.165) is 49.7 Å². The minimum atomic E-state index is -0.0871. The lowest BCUT2D eigenvalue weighted by Gasteiger charge is -2.54. The molecule has 2 aliphatic rings. The van der Waals surface area contributed by atoms with Gasteiger partial charge in [0.25, 0.3) is 0 Å². The van der Waals surface area contributed by atoms with Crippen LogP contribution < -0.4 is 0 Å². The molecular formula is C16H25N3OS. The third-order valence-electron chi connectivity index (χ3n) is 4.83. The Morgan fingerprint density at radius 3 is 2.67 bits per heavy atom. The summed E-state index contributed by atoms with van der Waals surface area (Å²) < 4.78 is 0. The molecule has 1 aromatic heterocycles. The quantitative estimate of drug-likeness (QED) is 0.805. The molecule has 2 saturated heterocycles. The Labute approximate surface area is 131 Å². The smallest absolute Gasteiger partial charge is 0.232 e. The second-order valence-corrected chi connectivity index (χ2v) is 8.15. The fourth-order valence-electron chi connectivity index (χ4n) is 3.69. The number of nitrogens with zero attached hydrogens (tertiary/aromatic N) is 3. The van der Waals surface area contributed by atoms with Gasteiger partial charge in [-0.15, -0.1) is 11.3 Å². The third kappa shape index (κ3) is 2.61. The molecule has 116 valence electrons. The lowest BCUT2D eigenvalue weighted by Crippen LogP contribution is -2.68. The van der Waals surface area contributed by atoms with Crippen LogP contribution in [-0.4, -0.2) is 46.4 Å². The molecule has 1 spiro atoms. The van der Waals surface area contributed by atoms with Crippen molar-refractivity contribution in [1.82, 2.24) is 14.8 Å². The van der Waals surface area contributed by atoms with Crippen LogP contribution in [0, 0.1) is 19.3 Å². The van der Waals surface area contributed by atoms with E-state index in [1.165, 1.54) is 4.88 Å². The number of rotatable bonds is 3. The standard InChI is InChI=1S/C16H25N3OS/c1-11(2)19-10-16(15(19)20)6-5-7-18(9-16)8-14-12(3)17-13(4)21-14/h11H,5-10H2,1-4H3. The number of hydrogen-bond donors (Lipinski definition) is 0. The van der Waals surface area contributed by atoms with Crippen LogP contribution in [0.15, 0.2) is 0 Å². The summed E-state index contributed by atoms with van der Waals surface area (Å²) in [4.78, 5) is 22.9. The van der Waals surface area contributed by atoms with Crippen molar-refractivity contribution in [3.8, 4) is 0 Å². The molecule has 0 saturated carbocycles. The summed E-state index contributed by atoms with van der Waals surface area (Å²) in [6, 6.07) is 0.338. The monoisotopic (exact) mass is 307 g/mol. The maximum atomic E-state index is 12.5. The molecule has 3 rings (SSSR count). The van der Waals surface area contributed by atoms with Gasteiger partial charge >= 0.3 is 0 Å². The Morgan fingerprint density at radius 2 is 2.10 bits per heavy atom. The van der Waals surface area contributed by atoms with Crippen LogP contribution in [0.2, 0.25) is 0 Å². The van der Waals surface area contributed by atoms with Crippen LogP contribution in [-0.2, 0) is 11.3 Å². The molecule has 4 nitrogen and oxygen atoms in total. The van der Waals surface area contributed by atoms with Gasteiger partial charge in [-0.05, 0) is 47.1 Å². The number of likely N-dealkylation sites (tertiary alicyclic amines) is 2. The number of carbonyl (C=O) groups is 1. The number of aryl methyl sites for hydroxylation is 2. The predicted molar refractivity (Wildman–Crippen MR) is 85.4 cm³/mol. The second-order valence-electron chi connectivity index (χ2n) is 6.86. The van der Waals surface area contributed by atoms with Gasteiger partial charge in [0.2, 0.25) is 5.91 Å². The molecule has 0 bridgehead atoms. The molecule has 1 aromatic rings. The zero-order valence-corrected chi connectivity index (χ0v) is 14.3. The Hall–Kier alpha value is -0.940. The van der Waals surface area contributed by atoms with Gasteiger partial charge in [-0.1, -0.05) is 0 Å². The first-order valence-electron chi connectivity index (χ1n) is 7.88. The van der Waals surface area contributed by atoms with Crippen molar-refractivity contribution in [1.29, 1.82) is 0 Å². The van der Waals surface area contributed by atoms with Crippen LogP contribution in [0.3, 0.4) is 0 Å². The van der Waals surface area contributed by atoms with Gasteiger partial charge in [-0.2, -0.15) is 0 Å². The van der Waals surface area contributed by atoms with Gasteiger partial charge in [-0.3, -0.25) is 9.69 Å². The maximum absolute atomic E-state index is 12.5. The highest BCUT2D eigenvalue weighted by atomic mass is 32.1. The van der Waals surface area contributed by atoms with E-state index >= 15 is 0 Å². The fourth-order valence-corrected chi connectivity index (χ4v) is 4.66. The Kier molecular flexibility index (Phi) is 3.82. The summed E-state index contributed by atoms with van der Waals surface area (Å²) >= 11 is 1.79. The minimum absolute atomic E-state index is 0.0871. The van der Waals surface area contributed by atoms with Crippen molar-refractivity contribution in [3.05, 3.63) is 15.6 Å². The van der Waals surface area contributed by atoms with Crippen molar-refractivity contribution >= 4 is 17.2 Å². The topological polar surface area (TPSA) is 36.4 Å². The summed E-state index contributed by atoms with van der Waals surface area (Å²) in [6.45, 7) is 12.3. The van der Waals surface area contributed by atoms with E-state index in [-0.39, 0.29) is 5.41 Å². The normalized spacial score (nSPS) is 26.7. The van der Waals surface area contributed by atoms with Gasteiger partial charge in [0, 0.05) is 30.6 Å². The van der Waals surface area contributed by atoms with E-state index in [9.17, 15) is 4.79 Å². The van der Waals surface area contributed by atoms with Gasteiger partial charge in [0.1, 0.15) is 0 Å². The predicted octanol–water partition coefficient (Wildman–Crippen LogP) is 2.59. The lowest BCUT2D eigenvalue weighted by molar-refractivity contribution is -0.169. The molecule has 5 heteroatoms. The molecule has 3 heterocycles. The second kappa shape index (κ2) is 5.36. The average molecular weight is 307 g/mol. The molecule has 1 atom stereocenters. The van der Waals surface area contributed by atoms with Crippen molar-refractivity contribution < 1.29 is 4.79 Å². The lowest BCUT2D eigenvalue weighted by atomic mass is 9.71. The van der Waals surface area contributed by atoms with E-state index in [4.69, 9.17) is 0 Å². The van der Waals surface area contributed by atoms with Crippen molar-refractivity contribution in [2.45, 2.75) is 53.1 Å². The number of amides is 1. The molecular weight excluding hydrogens is 282 g/mol. The summed E-state index contributed by atoms with van der Waals surface area (Å²) in [6.07, 6.45) is 2.20. The van der Waals surface area contributed by atoms with Gasteiger partial charge in [0.05, 0.1) is 16.1 Å². The molecule has 1 unspecified atom stereocenters. The molecule has 0 N–H and O–H groups in total. The first-order chi connectivity index (χ1) is 9.91. The van der Waals surface area contributed by atoms with Gasteiger partial charge in [0.15, 0.2) is 0 Å². The van der Waals surface area contributed by atoms with E-state index in [1.54, 1.807) is 11.3 Å². The molecule has 2 aliphatic heterocycles. The van der Waals surface area contributed by atoms with Crippen LogP contribution in [0.25, 0.3) is 0 Å². The van der Waals surface area contributed by atoms with E-state index in [1.807, 2.05) is 4.90 Å². The molecule has 0 aliphatic carbocycles. The van der Waals surface area contributed by atoms with Crippen LogP contribution in [0.4, 0.5) is 0 Å². The SMILES string of the molecule is Cc1nc(C)c(CN2CCCC3(C2)CN(C(C)C)C3=O)s1. The number of thiazole rings is 1. The van der Waals surface area contributed by atoms with Crippen molar-refractivity contribution in [2.75, 3.05) is 19.6 Å². The van der Waals surface area contributed by atoms with Crippen LogP contribution >= 0.6 is 11.3 Å².